The number of rotatable bonds is 2. The summed E-state index contributed by atoms with van der Waals surface area (Å²) in [5.41, 5.74) is 3.99. The fraction of sp³-hybridized carbons (Fsp3) is 0.680. The van der Waals surface area contributed by atoms with Gasteiger partial charge in [-0.25, -0.2) is 0 Å². The summed E-state index contributed by atoms with van der Waals surface area (Å²) in [4.78, 5) is 0. The maximum absolute atomic E-state index is 5.43. The highest BCUT2D eigenvalue weighted by Crippen LogP contribution is 2.65. The third-order valence-electron chi connectivity index (χ3n) is 8.69. The minimum atomic E-state index is 0.575. The summed E-state index contributed by atoms with van der Waals surface area (Å²) < 4.78 is 5.43. The fourth-order valence-corrected chi connectivity index (χ4v) is 7.59. The lowest BCUT2D eigenvalue weighted by molar-refractivity contribution is -0.00832. The van der Waals surface area contributed by atoms with E-state index in [4.69, 9.17) is 4.74 Å². The van der Waals surface area contributed by atoms with Gasteiger partial charge in [0.05, 0.1) is 7.11 Å². The predicted molar refractivity (Wildman–Crippen MR) is 107 cm³/mol. The van der Waals surface area contributed by atoms with Crippen LogP contribution in [0.5, 0.6) is 5.75 Å². The standard InChI is InChI=1S/C25H34O/c1-25-15-5-8-23(25)21-14-11-17-6-3-4-7-20(17)24(21)22(16-25)18-9-12-19(26-2)13-10-18/h9-13,20-24H,3-8,14-16H2,1-2H3/t20-,21-,22+,23-,24+,25-/m0/s1. The molecule has 4 aliphatic carbocycles. The number of ether oxygens (including phenoxy) is 1. The molecular formula is C25H34O. The first-order valence-electron chi connectivity index (χ1n) is 11.0. The molecule has 0 radical (unpaired) electrons. The Morgan fingerprint density at radius 2 is 1.85 bits per heavy atom. The molecule has 5 rings (SSSR count). The van der Waals surface area contributed by atoms with Gasteiger partial charge < -0.3 is 4.74 Å². The predicted octanol–water partition coefficient (Wildman–Crippen LogP) is 6.74. The Morgan fingerprint density at radius 3 is 2.65 bits per heavy atom. The summed E-state index contributed by atoms with van der Waals surface area (Å²) in [5.74, 6) is 5.40. The average molecular weight is 351 g/mol. The number of allylic oxidation sites excluding steroid dienone is 2. The monoisotopic (exact) mass is 350 g/mol. The Hall–Kier alpha value is -1.24. The van der Waals surface area contributed by atoms with E-state index in [1.165, 1.54) is 57.8 Å². The number of hydrogen-bond donors (Lipinski definition) is 0. The lowest BCUT2D eigenvalue weighted by Crippen LogP contribution is -2.47. The Kier molecular flexibility index (Phi) is 4.18. The van der Waals surface area contributed by atoms with Gasteiger partial charge in [-0.3, -0.25) is 0 Å². The van der Waals surface area contributed by atoms with E-state index in [1.807, 2.05) is 5.57 Å². The number of methoxy groups -OCH3 is 1. The van der Waals surface area contributed by atoms with Crippen molar-refractivity contribution in [1.82, 2.24) is 0 Å². The summed E-state index contributed by atoms with van der Waals surface area (Å²) in [6.07, 6.45) is 15.6. The van der Waals surface area contributed by atoms with Crippen LogP contribution in [0.15, 0.2) is 35.9 Å². The van der Waals surface area contributed by atoms with Gasteiger partial charge in [0, 0.05) is 0 Å². The zero-order chi connectivity index (χ0) is 17.7. The van der Waals surface area contributed by atoms with Gasteiger partial charge in [0.25, 0.3) is 0 Å². The average Bonchev–Trinajstić information content (AvgIpc) is 3.08. The molecule has 0 heterocycles. The van der Waals surface area contributed by atoms with Crippen LogP contribution in [0, 0.1) is 29.1 Å². The van der Waals surface area contributed by atoms with E-state index in [2.05, 4.69) is 37.3 Å². The van der Waals surface area contributed by atoms with Crippen LogP contribution >= 0.6 is 0 Å². The van der Waals surface area contributed by atoms with Crippen molar-refractivity contribution in [1.29, 1.82) is 0 Å². The van der Waals surface area contributed by atoms with Crippen molar-refractivity contribution in [2.24, 2.45) is 29.1 Å². The maximum Gasteiger partial charge on any atom is 0.118 e. The van der Waals surface area contributed by atoms with E-state index in [1.54, 1.807) is 12.7 Å². The second-order valence-corrected chi connectivity index (χ2v) is 9.84. The highest BCUT2D eigenvalue weighted by Gasteiger charge is 2.55. The topological polar surface area (TPSA) is 9.23 Å². The summed E-state index contributed by atoms with van der Waals surface area (Å²) in [6.45, 7) is 2.62. The molecule has 0 amide bonds. The molecule has 0 aliphatic heterocycles. The minimum Gasteiger partial charge on any atom is -0.497 e. The van der Waals surface area contributed by atoms with Gasteiger partial charge in [-0.05, 0) is 97.6 Å². The molecule has 0 aromatic heterocycles. The van der Waals surface area contributed by atoms with Gasteiger partial charge in [-0.15, -0.1) is 0 Å². The van der Waals surface area contributed by atoms with Gasteiger partial charge in [0.15, 0.2) is 0 Å². The van der Waals surface area contributed by atoms with E-state index in [9.17, 15) is 0 Å². The molecule has 6 atom stereocenters. The maximum atomic E-state index is 5.43. The Labute approximate surface area is 159 Å². The Morgan fingerprint density at radius 1 is 1.00 bits per heavy atom. The number of fused-ring (bicyclic) bond motifs is 5. The second kappa shape index (κ2) is 6.43. The third kappa shape index (κ3) is 2.57. The first-order valence-corrected chi connectivity index (χ1v) is 11.0. The number of benzene rings is 1. The summed E-state index contributed by atoms with van der Waals surface area (Å²) in [5, 5.41) is 0. The van der Waals surface area contributed by atoms with Crippen LogP contribution < -0.4 is 4.74 Å². The van der Waals surface area contributed by atoms with Gasteiger partial charge in [-0.2, -0.15) is 0 Å². The zero-order valence-corrected chi connectivity index (χ0v) is 16.5. The number of hydrogen-bond acceptors (Lipinski definition) is 1. The SMILES string of the molecule is COc1ccc([C@H]2C[C@]3(C)CCC[C@H]3[C@@H]3CC=C4CCCC[C@@H]4[C@H]32)cc1. The quantitative estimate of drug-likeness (QED) is 0.537. The molecule has 0 unspecified atom stereocenters. The van der Waals surface area contributed by atoms with Crippen LogP contribution in [0.1, 0.15) is 76.2 Å². The molecule has 26 heavy (non-hydrogen) atoms. The summed E-state index contributed by atoms with van der Waals surface area (Å²) in [6, 6.07) is 9.13. The molecule has 1 nitrogen and oxygen atoms in total. The minimum absolute atomic E-state index is 0.575. The molecule has 1 aromatic rings. The van der Waals surface area contributed by atoms with Gasteiger partial charge in [0.2, 0.25) is 0 Å². The molecule has 3 saturated carbocycles. The first kappa shape index (κ1) is 16.9. The van der Waals surface area contributed by atoms with E-state index in [0.717, 1.165) is 35.3 Å². The van der Waals surface area contributed by atoms with Crippen molar-refractivity contribution in [3.63, 3.8) is 0 Å². The first-order chi connectivity index (χ1) is 12.7. The molecule has 4 aliphatic rings. The van der Waals surface area contributed by atoms with Crippen molar-refractivity contribution in [2.45, 2.75) is 70.6 Å². The summed E-state index contributed by atoms with van der Waals surface area (Å²) in [7, 11) is 1.77. The van der Waals surface area contributed by atoms with E-state index in [-0.39, 0.29) is 0 Å². The van der Waals surface area contributed by atoms with Crippen molar-refractivity contribution in [3.05, 3.63) is 41.5 Å². The molecule has 0 spiro atoms. The van der Waals surface area contributed by atoms with Gasteiger partial charge >= 0.3 is 0 Å². The zero-order valence-electron chi connectivity index (χ0n) is 16.5. The van der Waals surface area contributed by atoms with Gasteiger partial charge in [0.1, 0.15) is 5.75 Å². The van der Waals surface area contributed by atoms with Crippen molar-refractivity contribution in [3.8, 4) is 5.75 Å². The van der Waals surface area contributed by atoms with Crippen LogP contribution in [0.25, 0.3) is 0 Å². The highest BCUT2D eigenvalue weighted by atomic mass is 16.5. The Bertz CT molecular complexity index is 687. The molecule has 140 valence electrons. The van der Waals surface area contributed by atoms with Crippen LogP contribution in [-0.4, -0.2) is 7.11 Å². The van der Waals surface area contributed by atoms with Crippen molar-refractivity contribution < 1.29 is 4.74 Å². The largest absolute Gasteiger partial charge is 0.497 e. The lowest BCUT2D eigenvalue weighted by atomic mass is 9.49. The smallest absolute Gasteiger partial charge is 0.118 e. The third-order valence-corrected chi connectivity index (χ3v) is 8.69. The molecular weight excluding hydrogens is 316 g/mol. The van der Waals surface area contributed by atoms with E-state index in [0.29, 0.717) is 5.41 Å². The molecule has 0 saturated heterocycles. The van der Waals surface area contributed by atoms with Crippen molar-refractivity contribution in [2.75, 3.05) is 7.11 Å². The molecule has 1 heteroatoms. The van der Waals surface area contributed by atoms with Gasteiger partial charge in [-0.1, -0.05) is 43.5 Å². The molecule has 1 aromatic carbocycles. The molecule has 3 fully saturated rings. The molecule has 0 N–H and O–H groups in total. The highest BCUT2D eigenvalue weighted by molar-refractivity contribution is 5.33. The van der Waals surface area contributed by atoms with Crippen LogP contribution in [0.4, 0.5) is 0 Å². The van der Waals surface area contributed by atoms with Crippen LogP contribution in [-0.2, 0) is 0 Å². The van der Waals surface area contributed by atoms with E-state index >= 15 is 0 Å². The second-order valence-electron chi connectivity index (χ2n) is 9.84. The Balaban J connectivity index is 1.56. The van der Waals surface area contributed by atoms with Crippen LogP contribution in [0.3, 0.4) is 0 Å². The summed E-state index contributed by atoms with van der Waals surface area (Å²) >= 11 is 0. The fourth-order valence-electron chi connectivity index (χ4n) is 7.59. The van der Waals surface area contributed by atoms with E-state index < -0.39 is 0 Å². The van der Waals surface area contributed by atoms with Crippen LogP contribution in [0.2, 0.25) is 0 Å². The normalized spacial score (nSPS) is 41.6. The van der Waals surface area contributed by atoms with Crippen molar-refractivity contribution >= 4 is 0 Å². The lowest BCUT2D eigenvalue weighted by Gasteiger charge is -2.56. The molecule has 0 bridgehead atoms.